The molecule has 0 bridgehead atoms. The maximum Gasteiger partial charge on any atom is 0.151 e. The topological polar surface area (TPSA) is 49.4 Å². The number of hydrogen-bond donors (Lipinski definition) is 1. The van der Waals surface area contributed by atoms with Crippen molar-refractivity contribution in [3.63, 3.8) is 0 Å². The second kappa shape index (κ2) is 5.98. The number of hydrogen-bond acceptors (Lipinski definition) is 4. The molecule has 0 aromatic carbocycles. The summed E-state index contributed by atoms with van der Waals surface area (Å²) in [6, 6.07) is 0.0656. The second-order valence-electron chi connectivity index (χ2n) is 4.93. The number of nitrogens with zero attached hydrogens (tertiary/aromatic N) is 1. The van der Waals surface area contributed by atoms with Crippen molar-refractivity contribution in [1.82, 2.24) is 10.2 Å². The maximum atomic E-state index is 11.4. The van der Waals surface area contributed by atoms with E-state index in [1.54, 1.807) is 6.92 Å². The van der Waals surface area contributed by atoms with Crippen molar-refractivity contribution in [3.05, 3.63) is 0 Å². The number of likely N-dealkylation sites (tertiary alicyclic amines) is 1. The third kappa shape index (κ3) is 4.80. The van der Waals surface area contributed by atoms with Gasteiger partial charge in [-0.15, -0.1) is 0 Å². The fraction of sp³-hybridized carbons (Fsp3) is 1.00. The summed E-state index contributed by atoms with van der Waals surface area (Å²) >= 11 is 0. The lowest BCUT2D eigenvalue weighted by atomic mass is 10.1. The van der Waals surface area contributed by atoms with Gasteiger partial charge in [0.25, 0.3) is 0 Å². The summed E-state index contributed by atoms with van der Waals surface area (Å²) in [7, 11) is -0.718. The van der Waals surface area contributed by atoms with Crippen LogP contribution in [0.5, 0.6) is 0 Å². The van der Waals surface area contributed by atoms with Crippen molar-refractivity contribution >= 4 is 9.84 Å². The van der Waals surface area contributed by atoms with Crippen LogP contribution < -0.4 is 5.32 Å². The molecule has 0 amide bonds. The molecule has 1 saturated heterocycles. The zero-order valence-electron chi connectivity index (χ0n) is 10.6. The minimum Gasteiger partial charge on any atom is -0.313 e. The molecule has 0 saturated carbocycles. The Balaban J connectivity index is 2.22. The SMILES string of the molecule is CCS(=O)(=O)CC(C)NCC1CCN(C)C1. The van der Waals surface area contributed by atoms with E-state index < -0.39 is 9.84 Å². The molecule has 1 N–H and O–H groups in total. The first-order chi connectivity index (χ1) is 7.43. The minimum absolute atomic E-state index is 0.0656. The van der Waals surface area contributed by atoms with Crippen LogP contribution in [0.4, 0.5) is 0 Å². The lowest BCUT2D eigenvalue weighted by Gasteiger charge is -2.17. The van der Waals surface area contributed by atoms with Crippen LogP contribution in [0.15, 0.2) is 0 Å². The van der Waals surface area contributed by atoms with Crippen LogP contribution in [-0.2, 0) is 9.84 Å². The van der Waals surface area contributed by atoms with E-state index in [0.29, 0.717) is 5.92 Å². The summed E-state index contributed by atoms with van der Waals surface area (Å²) in [5.41, 5.74) is 0. The molecule has 0 aromatic heterocycles. The van der Waals surface area contributed by atoms with Gasteiger partial charge in [0.05, 0.1) is 5.75 Å². The smallest absolute Gasteiger partial charge is 0.151 e. The minimum atomic E-state index is -2.85. The molecule has 1 rings (SSSR count). The summed E-state index contributed by atoms with van der Waals surface area (Å²) in [6.45, 7) is 6.87. The zero-order valence-corrected chi connectivity index (χ0v) is 11.4. The summed E-state index contributed by atoms with van der Waals surface area (Å²) in [4.78, 5) is 2.32. The lowest BCUT2D eigenvalue weighted by molar-refractivity contribution is 0.383. The van der Waals surface area contributed by atoms with Crippen LogP contribution >= 0.6 is 0 Å². The largest absolute Gasteiger partial charge is 0.313 e. The van der Waals surface area contributed by atoms with Crippen molar-refractivity contribution in [1.29, 1.82) is 0 Å². The zero-order chi connectivity index (χ0) is 12.2. The first-order valence-electron chi connectivity index (χ1n) is 6.05. The molecule has 1 heterocycles. The molecule has 1 aliphatic heterocycles. The van der Waals surface area contributed by atoms with E-state index in [2.05, 4.69) is 17.3 Å². The van der Waals surface area contributed by atoms with E-state index in [4.69, 9.17) is 0 Å². The monoisotopic (exact) mass is 248 g/mol. The summed E-state index contributed by atoms with van der Waals surface area (Å²) in [5, 5.41) is 3.33. The van der Waals surface area contributed by atoms with Crippen molar-refractivity contribution in [2.75, 3.05) is 38.2 Å². The van der Waals surface area contributed by atoms with Gasteiger partial charge < -0.3 is 10.2 Å². The highest BCUT2D eigenvalue weighted by Crippen LogP contribution is 2.13. The van der Waals surface area contributed by atoms with Crippen LogP contribution in [0.2, 0.25) is 0 Å². The standard InChI is InChI=1S/C11H24N2O2S/c1-4-16(14,15)9-10(2)12-7-11-5-6-13(3)8-11/h10-12H,4-9H2,1-3H3. The molecule has 16 heavy (non-hydrogen) atoms. The van der Waals surface area contributed by atoms with Gasteiger partial charge in [-0.1, -0.05) is 6.92 Å². The van der Waals surface area contributed by atoms with Gasteiger partial charge in [0.15, 0.2) is 9.84 Å². The molecular formula is C11H24N2O2S. The molecule has 5 heteroatoms. The molecule has 2 unspecified atom stereocenters. The predicted molar refractivity (Wildman–Crippen MR) is 67.4 cm³/mol. The van der Waals surface area contributed by atoms with Crippen LogP contribution in [0, 0.1) is 5.92 Å². The Bertz CT molecular complexity index is 303. The van der Waals surface area contributed by atoms with E-state index in [9.17, 15) is 8.42 Å². The highest BCUT2D eigenvalue weighted by Gasteiger charge is 2.20. The predicted octanol–water partition coefficient (Wildman–Crippen LogP) is 0.351. The Morgan fingerprint density at radius 1 is 1.50 bits per heavy atom. The maximum absolute atomic E-state index is 11.4. The van der Waals surface area contributed by atoms with Crippen molar-refractivity contribution in [3.8, 4) is 0 Å². The Labute approximate surface area is 99.3 Å². The number of sulfone groups is 1. The Morgan fingerprint density at radius 2 is 2.19 bits per heavy atom. The first-order valence-corrected chi connectivity index (χ1v) is 7.87. The molecule has 0 aromatic rings. The summed E-state index contributed by atoms with van der Waals surface area (Å²) < 4.78 is 22.8. The lowest BCUT2D eigenvalue weighted by Crippen LogP contribution is -2.37. The fourth-order valence-corrected chi connectivity index (χ4v) is 3.23. The fourth-order valence-electron chi connectivity index (χ4n) is 2.12. The molecular weight excluding hydrogens is 224 g/mol. The van der Waals surface area contributed by atoms with E-state index in [1.165, 1.54) is 6.42 Å². The first kappa shape index (κ1) is 13.9. The quantitative estimate of drug-likeness (QED) is 0.737. The average molecular weight is 248 g/mol. The van der Waals surface area contributed by atoms with E-state index >= 15 is 0 Å². The van der Waals surface area contributed by atoms with Crippen LogP contribution in [0.1, 0.15) is 20.3 Å². The van der Waals surface area contributed by atoms with Gasteiger partial charge in [-0.2, -0.15) is 0 Å². The van der Waals surface area contributed by atoms with Crippen molar-refractivity contribution < 1.29 is 8.42 Å². The van der Waals surface area contributed by atoms with Crippen molar-refractivity contribution in [2.24, 2.45) is 5.92 Å². The highest BCUT2D eigenvalue weighted by atomic mass is 32.2. The summed E-state index contributed by atoms with van der Waals surface area (Å²) in [5.74, 6) is 1.17. The third-order valence-corrected chi connectivity index (χ3v) is 5.08. The highest BCUT2D eigenvalue weighted by molar-refractivity contribution is 7.91. The van der Waals surface area contributed by atoms with E-state index in [1.807, 2.05) is 6.92 Å². The molecule has 0 radical (unpaired) electrons. The third-order valence-electron chi connectivity index (χ3n) is 3.19. The van der Waals surface area contributed by atoms with Gasteiger partial charge in [-0.25, -0.2) is 8.42 Å². The normalized spacial score (nSPS) is 24.8. The molecule has 2 atom stereocenters. The van der Waals surface area contributed by atoms with Gasteiger partial charge in [0, 0.05) is 18.3 Å². The van der Waals surface area contributed by atoms with Crippen LogP contribution in [0.3, 0.4) is 0 Å². The van der Waals surface area contributed by atoms with Crippen LogP contribution in [0.25, 0.3) is 0 Å². The summed E-state index contributed by atoms with van der Waals surface area (Å²) in [6.07, 6.45) is 1.22. The van der Waals surface area contributed by atoms with Gasteiger partial charge in [-0.05, 0) is 39.4 Å². The average Bonchev–Trinajstić information content (AvgIpc) is 2.61. The molecule has 1 fully saturated rings. The Morgan fingerprint density at radius 3 is 2.69 bits per heavy atom. The molecule has 0 spiro atoms. The van der Waals surface area contributed by atoms with E-state index in [-0.39, 0.29) is 17.5 Å². The molecule has 1 aliphatic rings. The Hall–Kier alpha value is -0.130. The van der Waals surface area contributed by atoms with Gasteiger partial charge in [0.1, 0.15) is 0 Å². The number of nitrogens with one attached hydrogen (secondary N) is 1. The molecule has 4 nitrogen and oxygen atoms in total. The van der Waals surface area contributed by atoms with Gasteiger partial charge in [-0.3, -0.25) is 0 Å². The van der Waals surface area contributed by atoms with E-state index in [0.717, 1.165) is 19.6 Å². The van der Waals surface area contributed by atoms with Gasteiger partial charge in [0.2, 0.25) is 0 Å². The van der Waals surface area contributed by atoms with Crippen LogP contribution in [-0.4, -0.2) is 57.5 Å². The molecule has 0 aliphatic carbocycles. The molecule has 96 valence electrons. The van der Waals surface area contributed by atoms with Crippen molar-refractivity contribution in [2.45, 2.75) is 26.3 Å². The van der Waals surface area contributed by atoms with Gasteiger partial charge >= 0.3 is 0 Å². The number of rotatable bonds is 6. The second-order valence-corrected chi connectivity index (χ2v) is 7.32. The Kier molecular flexibility index (Phi) is 5.21.